The minimum Gasteiger partial charge on any atom is -0.383 e. The van der Waals surface area contributed by atoms with Gasteiger partial charge in [-0.3, -0.25) is 9.78 Å². The van der Waals surface area contributed by atoms with Crippen molar-refractivity contribution in [1.82, 2.24) is 10.3 Å². The highest BCUT2D eigenvalue weighted by atomic mass is 16.1. The fraction of sp³-hybridized carbons (Fsp3) is 0.625. The van der Waals surface area contributed by atoms with Crippen molar-refractivity contribution >= 4 is 11.6 Å². The molecule has 4 heteroatoms. The van der Waals surface area contributed by atoms with Gasteiger partial charge in [0.2, 0.25) is 0 Å². The Morgan fingerprint density at radius 1 is 1.40 bits per heavy atom. The minimum absolute atomic E-state index is 0.00530. The van der Waals surface area contributed by atoms with E-state index in [1.165, 1.54) is 19.3 Å². The molecule has 0 aliphatic heterocycles. The van der Waals surface area contributed by atoms with Crippen molar-refractivity contribution in [1.29, 1.82) is 0 Å². The van der Waals surface area contributed by atoms with Crippen LogP contribution in [0.25, 0.3) is 0 Å². The molecule has 2 rings (SSSR count). The highest BCUT2D eigenvalue weighted by Crippen LogP contribution is 2.43. The number of rotatable bonds is 7. The monoisotopic (exact) mass is 275 g/mol. The second-order valence-corrected chi connectivity index (χ2v) is 5.74. The number of hydrogen-bond acceptors (Lipinski definition) is 3. The third-order valence-electron chi connectivity index (χ3n) is 4.42. The first-order valence-electron chi connectivity index (χ1n) is 7.67. The van der Waals surface area contributed by atoms with Crippen LogP contribution < -0.4 is 10.6 Å². The Balaban J connectivity index is 1.98. The molecule has 1 aromatic heterocycles. The van der Waals surface area contributed by atoms with E-state index in [0.29, 0.717) is 11.0 Å². The van der Waals surface area contributed by atoms with Gasteiger partial charge in [-0.25, -0.2) is 0 Å². The van der Waals surface area contributed by atoms with Crippen LogP contribution in [0.5, 0.6) is 0 Å². The summed E-state index contributed by atoms with van der Waals surface area (Å²) in [5.41, 5.74) is 1.87. The number of nitrogens with one attached hydrogen (secondary N) is 2. The number of pyridine rings is 1. The van der Waals surface area contributed by atoms with Crippen molar-refractivity contribution in [3.05, 3.63) is 24.0 Å². The molecule has 1 aliphatic rings. The zero-order valence-electron chi connectivity index (χ0n) is 12.5. The van der Waals surface area contributed by atoms with Crippen LogP contribution in [-0.4, -0.2) is 24.0 Å². The number of aromatic nitrogens is 1. The molecular weight excluding hydrogens is 250 g/mol. The van der Waals surface area contributed by atoms with Crippen LogP contribution >= 0.6 is 0 Å². The number of amides is 1. The fourth-order valence-electron chi connectivity index (χ4n) is 2.69. The van der Waals surface area contributed by atoms with E-state index < -0.39 is 0 Å². The van der Waals surface area contributed by atoms with Gasteiger partial charge < -0.3 is 10.6 Å². The van der Waals surface area contributed by atoms with Crippen LogP contribution in [0.4, 0.5) is 5.69 Å². The Morgan fingerprint density at radius 3 is 2.80 bits per heavy atom. The van der Waals surface area contributed by atoms with E-state index in [0.717, 1.165) is 31.6 Å². The normalized spacial score (nSPS) is 16.3. The Labute approximate surface area is 121 Å². The molecule has 1 fully saturated rings. The maximum Gasteiger partial charge on any atom is 0.253 e. The van der Waals surface area contributed by atoms with Gasteiger partial charge in [-0.1, -0.05) is 20.3 Å². The quantitative estimate of drug-likeness (QED) is 0.803. The molecule has 0 bridgehead atoms. The van der Waals surface area contributed by atoms with Crippen LogP contribution in [0.1, 0.15) is 56.3 Å². The third kappa shape index (κ3) is 3.30. The lowest BCUT2D eigenvalue weighted by molar-refractivity contribution is 0.0850. The number of nitrogens with zero attached hydrogens (tertiary/aromatic N) is 1. The Hall–Kier alpha value is -1.58. The van der Waals surface area contributed by atoms with Crippen LogP contribution in [-0.2, 0) is 0 Å². The van der Waals surface area contributed by atoms with E-state index in [4.69, 9.17) is 0 Å². The molecule has 1 heterocycles. The molecule has 1 saturated carbocycles. The third-order valence-corrected chi connectivity index (χ3v) is 4.42. The average molecular weight is 275 g/mol. The van der Waals surface area contributed by atoms with Gasteiger partial charge in [0.15, 0.2) is 0 Å². The van der Waals surface area contributed by atoms with E-state index in [2.05, 4.69) is 29.5 Å². The lowest BCUT2D eigenvalue weighted by Crippen LogP contribution is -2.41. The van der Waals surface area contributed by atoms with Gasteiger partial charge in [0.05, 0.1) is 17.4 Å². The van der Waals surface area contributed by atoms with Crippen LogP contribution in [0.3, 0.4) is 0 Å². The molecule has 0 spiro atoms. The van der Waals surface area contributed by atoms with E-state index in [-0.39, 0.29) is 5.91 Å². The topological polar surface area (TPSA) is 54.0 Å². The van der Waals surface area contributed by atoms with Crippen molar-refractivity contribution in [3.63, 3.8) is 0 Å². The molecule has 0 unspecified atom stereocenters. The molecule has 0 aromatic carbocycles. The lowest BCUT2D eigenvalue weighted by Gasteiger charge is -2.41. The minimum atomic E-state index is 0.00530. The van der Waals surface area contributed by atoms with Gasteiger partial charge in [0, 0.05) is 19.3 Å². The first-order chi connectivity index (χ1) is 9.71. The largest absolute Gasteiger partial charge is 0.383 e. The summed E-state index contributed by atoms with van der Waals surface area (Å²) >= 11 is 0. The molecule has 0 saturated heterocycles. The van der Waals surface area contributed by atoms with Crippen molar-refractivity contribution in [3.8, 4) is 0 Å². The zero-order chi connectivity index (χ0) is 14.4. The molecular formula is C16H25N3O. The van der Waals surface area contributed by atoms with Crippen LogP contribution in [0.15, 0.2) is 18.5 Å². The van der Waals surface area contributed by atoms with Crippen molar-refractivity contribution < 1.29 is 4.79 Å². The molecule has 0 atom stereocenters. The second-order valence-electron chi connectivity index (χ2n) is 5.74. The predicted octanol–water partition coefficient (Wildman–Crippen LogP) is 3.21. The second kappa shape index (κ2) is 6.73. The molecule has 0 radical (unpaired) electrons. The van der Waals surface area contributed by atoms with Gasteiger partial charge in [-0.15, -0.1) is 0 Å². The molecule has 4 nitrogen and oxygen atoms in total. The van der Waals surface area contributed by atoms with Crippen molar-refractivity contribution in [2.24, 2.45) is 5.41 Å². The predicted molar refractivity (Wildman–Crippen MR) is 81.9 cm³/mol. The molecule has 110 valence electrons. The summed E-state index contributed by atoms with van der Waals surface area (Å²) in [6.07, 6.45) is 9.33. The Kier molecular flexibility index (Phi) is 4.99. The van der Waals surface area contributed by atoms with E-state index in [9.17, 15) is 4.79 Å². The number of carbonyl (C=O) groups is 1. The van der Waals surface area contributed by atoms with Crippen LogP contribution in [0.2, 0.25) is 0 Å². The van der Waals surface area contributed by atoms with Gasteiger partial charge in [0.25, 0.3) is 5.91 Å². The summed E-state index contributed by atoms with van der Waals surface area (Å²) in [6, 6.07) is 1.78. The van der Waals surface area contributed by atoms with E-state index in [1.54, 1.807) is 18.5 Å². The molecule has 1 aliphatic carbocycles. The maximum atomic E-state index is 12.4. The van der Waals surface area contributed by atoms with Gasteiger partial charge >= 0.3 is 0 Å². The standard InChI is InChI=1S/C16H25N3O/c1-3-9-18-14-11-17-10-6-13(14)15(20)19-12-16(4-2)7-5-8-16/h6,10-11,18H,3-5,7-9,12H2,1-2H3,(H,19,20). The Morgan fingerprint density at radius 2 is 2.20 bits per heavy atom. The number of hydrogen-bond donors (Lipinski definition) is 2. The summed E-state index contributed by atoms with van der Waals surface area (Å²) < 4.78 is 0. The van der Waals surface area contributed by atoms with E-state index in [1.807, 2.05) is 0 Å². The lowest BCUT2D eigenvalue weighted by atomic mass is 9.67. The number of carbonyl (C=O) groups excluding carboxylic acids is 1. The van der Waals surface area contributed by atoms with Crippen LogP contribution in [0, 0.1) is 5.41 Å². The smallest absolute Gasteiger partial charge is 0.253 e. The summed E-state index contributed by atoms with van der Waals surface area (Å²) in [5.74, 6) is 0.00530. The molecule has 2 N–H and O–H groups in total. The van der Waals surface area contributed by atoms with Gasteiger partial charge in [-0.05, 0) is 37.2 Å². The van der Waals surface area contributed by atoms with E-state index >= 15 is 0 Å². The molecule has 20 heavy (non-hydrogen) atoms. The first kappa shape index (κ1) is 14.8. The van der Waals surface area contributed by atoms with Crippen molar-refractivity contribution in [2.75, 3.05) is 18.4 Å². The summed E-state index contributed by atoms with van der Waals surface area (Å²) in [7, 11) is 0. The molecule has 1 amide bonds. The summed E-state index contributed by atoms with van der Waals surface area (Å²) in [5, 5.41) is 6.36. The summed E-state index contributed by atoms with van der Waals surface area (Å²) in [6.45, 7) is 5.96. The maximum absolute atomic E-state index is 12.4. The fourth-order valence-corrected chi connectivity index (χ4v) is 2.69. The van der Waals surface area contributed by atoms with Gasteiger partial charge in [0.1, 0.15) is 0 Å². The average Bonchev–Trinajstić information content (AvgIpc) is 2.44. The molecule has 1 aromatic rings. The SMILES string of the molecule is CCCNc1cnccc1C(=O)NCC1(CC)CCC1. The Bertz CT molecular complexity index is 449. The number of anilines is 1. The van der Waals surface area contributed by atoms with Gasteiger partial charge in [-0.2, -0.15) is 0 Å². The zero-order valence-corrected chi connectivity index (χ0v) is 12.5. The van der Waals surface area contributed by atoms with Crippen molar-refractivity contribution in [2.45, 2.75) is 46.0 Å². The summed E-state index contributed by atoms with van der Waals surface area (Å²) in [4.78, 5) is 16.4. The first-order valence-corrected chi connectivity index (χ1v) is 7.67. The highest BCUT2D eigenvalue weighted by molar-refractivity contribution is 5.99. The highest BCUT2D eigenvalue weighted by Gasteiger charge is 2.35.